The fourth-order valence-electron chi connectivity index (χ4n) is 0. The summed E-state index contributed by atoms with van der Waals surface area (Å²) in [5, 5.41) is 4.57. The summed E-state index contributed by atoms with van der Waals surface area (Å²) < 4.78 is 19.7. The fourth-order valence-corrected chi connectivity index (χ4v) is 0. The first-order chi connectivity index (χ1) is 2.56. The van der Waals surface area contributed by atoms with Crippen LogP contribution in [0.2, 0.25) is 6.55 Å². The van der Waals surface area contributed by atoms with Crippen LogP contribution in [-0.4, -0.2) is 17.1 Å². The van der Waals surface area contributed by atoms with Gasteiger partial charge in [0.15, 0.2) is 18.1 Å². The molecule has 0 aromatic rings. The number of hydrogen-bond acceptors (Lipinski definition) is 2. The Bertz CT molecular complexity index is 116. The van der Waals surface area contributed by atoms with Gasteiger partial charge in [-0.2, -0.15) is 0 Å². The van der Waals surface area contributed by atoms with Crippen molar-refractivity contribution in [3.8, 4) is 0 Å². The number of rotatable bonds is 1. The lowest BCUT2D eigenvalue weighted by molar-refractivity contribution is 0.610. The molecule has 0 aromatic carbocycles. The van der Waals surface area contributed by atoms with E-state index in [1.165, 1.54) is 0 Å². The largest absolute Gasteiger partial charge is 0.235 e. The fraction of sp³-hybridized carbons (Fsp3) is 1.00. The van der Waals surface area contributed by atoms with Crippen LogP contribution in [0, 0.1) is 0 Å². The third-order valence-corrected chi connectivity index (χ3v) is 3.62. The third-order valence-electron chi connectivity index (χ3n) is 0.402. The average Bonchev–Trinajstić information content (AvgIpc) is 1.35. The van der Waals surface area contributed by atoms with E-state index in [4.69, 9.17) is 0 Å². The van der Waals surface area contributed by atoms with Crippen LogP contribution in [0.15, 0.2) is 0 Å². The number of nitrogens with two attached hydrogens (primary N) is 1. The Morgan fingerprint density at radius 1 is 1.67 bits per heavy atom. The minimum Gasteiger partial charge on any atom is -0.235 e. The van der Waals surface area contributed by atoms with Crippen LogP contribution in [0.4, 0.5) is 0 Å². The lowest BCUT2D eigenvalue weighted by Gasteiger charge is -1.81. The molecule has 0 amide bonds. The molecule has 0 atom stereocenters. The van der Waals surface area contributed by atoms with E-state index in [2.05, 4.69) is 5.14 Å². The zero-order valence-corrected chi connectivity index (χ0v) is 5.74. The van der Waals surface area contributed by atoms with E-state index in [9.17, 15) is 8.42 Å². The molecule has 0 saturated carbocycles. The van der Waals surface area contributed by atoms with E-state index >= 15 is 0 Å². The van der Waals surface area contributed by atoms with Crippen molar-refractivity contribution in [2.24, 2.45) is 5.14 Å². The third kappa shape index (κ3) is 4.13. The molecule has 6 heavy (non-hydrogen) atoms. The van der Waals surface area contributed by atoms with E-state index < -0.39 is 18.1 Å². The summed E-state index contributed by atoms with van der Waals surface area (Å²) in [6, 6.07) is 0. The normalized spacial score (nSPS) is 13.7. The maximum absolute atomic E-state index is 9.84. The topological polar surface area (TPSA) is 60.2 Å². The van der Waals surface area contributed by atoms with Crippen LogP contribution in [0.3, 0.4) is 0 Å². The molecule has 5 heteroatoms. The first kappa shape index (κ1) is 6.13. The van der Waals surface area contributed by atoms with Gasteiger partial charge in [-0.25, -0.2) is 13.6 Å². The highest BCUT2D eigenvalue weighted by molar-refractivity contribution is 8.13. The van der Waals surface area contributed by atoms with Gasteiger partial charge in [-0.15, -0.1) is 0 Å². The van der Waals surface area contributed by atoms with Crippen molar-refractivity contribution in [2.75, 3.05) is 0 Å². The molecule has 0 aromatic heterocycles. The van der Waals surface area contributed by atoms with Crippen molar-refractivity contribution in [1.82, 2.24) is 0 Å². The Morgan fingerprint density at radius 2 is 1.83 bits per heavy atom. The molecule has 0 fully saturated rings. The van der Waals surface area contributed by atoms with Gasteiger partial charge >= 0.3 is 0 Å². The maximum atomic E-state index is 9.84. The quantitative estimate of drug-likeness (QED) is 0.429. The Labute approximate surface area is 39.1 Å². The first-order valence-corrected chi connectivity index (χ1v) is 6.43. The van der Waals surface area contributed by atoms with Gasteiger partial charge in [-0.1, -0.05) is 6.55 Å². The highest BCUT2D eigenvalue weighted by Gasteiger charge is 1.92. The van der Waals surface area contributed by atoms with Crippen LogP contribution in [0.1, 0.15) is 0 Å². The second-order valence-corrected chi connectivity index (χ2v) is 7.00. The van der Waals surface area contributed by atoms with E-state index in [-0.39, 0.29) is 0 Å². The summed E-state index contributed by atoms with van der Waals surface area (Å²) in [7, 11) is -4.02. The molecule has 0 aliphatic rings. The van der Waals surface area contributed by atoms with E-state index in [0.29, 0.717) is 0 Å². The van der Waals surface area contributed by atoms with E-state index in [0.717, 1.165) is 0 Å². The van der Waals surface area contributed by atoms with Gasteiger partial charge in [-0.05, 0) is 0 Å². The SMILES string of the molecule is C[SiH2]S(N)(=O)=O. The molecular formula is CH7NO2SSi. The lowest BCUT2D eigenvalue weighted by atomic mass is 11.9. The Balaban J connectivity index is 3.85. The molecule has 0 heterocycles. The molecule has 0 spiro atoms. The van der Waals surface area contributed by atoms with Crippen molar-refractivity contribution in [3.63, 3.8) is 0 Å². The molecule has 0 bridgehead atoms. The van der Waals surface area contributed by atoms with Gasteiger partial charge in [0, 0.05) is 0 Å². The van der Waals surface area contributed by atoms with Crippen LogP contribution < -0.4 is 5.14 Å². The summed E-state index contributed by atoms with van der Waals surface area (Å²) >= 11 is 0. The van der Waals surface area contributed by atoms with Gasteiger partial charge < -0.3 is 0 Å². The molecule has 0 saturated heterocycles. The summed E-state index contributed by atoms with van der Waals surface area (Å²) in [5.74, 6) is 0. The summed E-state index contributed by atoms with van der Waals surface area (Å²) in [4.78, 5) is 0. The van der Waals surface area contributed by atoms with E-state index in [1.807, 2.05) is 0 Å². The van der Waals surface area contributed by atoms with Gasteiger partial charge in [0.2, 0.25) is 0 Å². The molecule has 0 rings (SSSR count). The molecular weight excluding hydrogens is 118 g/mol. The Hall–Kier alpha value is 0.127. The highest BCUT2D eigenvalue weighted by atomic mass is 32.4. The molecule has 0 aliphatic carbocycles. The standard InChI is InChI=1S/CH7NO2SSi/c1-6-5(2,3)4/h6H2,1H3,(H2,2,3,4). The minimum absolute atomic E-state index is 0.998. The molecule has 2 N–H and O–H groups in total. The summed E-state index contributed by atoms with van der Waals surface area (Å²) in [5.41, 5.74) is 0. The van der Waals surface area contributed by atoms with E-state index in [1.54, 1.807) is 6.55 Å². The summed E-state index contributed by atoms with van der Waals surface area (Å²) in [6.45, 7) is 1.63. The van der Waals surface area contributed by atoms with Crippen molar-refractivity contribution in [3.05, 3.63) is 0 Å². The zero-order chi connectivity index (χ0) is 5.21. The monoisotopic (exact) mass is 125 g/mol. The molecule has 3 nitrogen and oxygen atoms in total. The van der Waals surface area contributed by atoms with Crippen molar-refractivity contribution < 1.29 is 8.42 Å². The van der Waals surface area contributed by atoms with Crippen molar-refractivity contribution >= 4 is 18.1 Å². The van der Waals surface area contributed by atoms with Crippen molar-refractivity contribution in [1.29, 1.82) is 0 Å². The second-order valence-electron chi connectivity index (χ2n) is 0.952. The summed E-state index contributed by atoms with van der Waals surface area (Å²) in [6.07, 6.45) is 0. The van der Waals surface area contributed by atoms with Gasteiger partial charge in [-0.3, -0.25) is 0 Å². The minimum atomic E-state index is -3.02. The van der Waals surface area contributed by atoms with Crippen molar-refractivity contribution in [2.45, 2.75) is 6.55 Å². The maximum Gasteiger partial charge on any atom is 0.180 e. The zero-order valence-electron chi connectivity index (χ0n) is 3.51. The van der Waals surface area contributed by atoms with Crippen LogP contribution in [0.25, 0.3) is 0 Å². The smallest absolute Gasteiger partial charge is 0.180 e. The van der Waals surface area contributed by atoms with Gasteiger partial charge in [0.25, 0.3) is 0 Å². The predicted octanol–water partition coefficient (Wildman–Crippen LogP) is -1.59. The van der Waals surface area contributed by atoms with Crippen LogP contribution >= 0.6 is 0 Å². The Kier molecular flexibility index (Phi) is 1.76. The molecule has 38 valence electrons. The van der Waals surface area contributed by atoms with Crippen LogP contribution in [0.5, 0.6) is 0 Å². The lowest BCUT2D eigenvalue weighted by Crippen LogP contribution is -2.16. The molecule has 0 radical (unpaired) electrons. The van der Waals surface area contributed by atoms with Gasteiger partial charge in [0.05, 0.1) is 0 Å². The van der Waals surface area contributed by atoms with Crippen LogP contribution in [-0.2, 0) is 9.47 Å². The van der Waals surface area contributed by atoms with Gasteiger partial charge in [0.1, 0.15) is 0 Å². The Morgan fingerprint density at radius 3 is 1.83 bits per heavy atom. The number of hydrogen-bond donors (Lipinski definition) is 1. The average molecular weight is 125 g/mol. The first-order valence-electron chi connectivity index (χ1n) is 1.56. The highest BCUT2D eigenvalue weighted by Crippen LogP contribution is 1.64. The molecule has 0 aliphatic heterocycles. The second kappa shape index (κ2) is 1.72. The molecule has 0 unspecified atom stereocenters. The predicted molar refractivity (Wildman–Crippen MR) is 27.5 cm³/mol.